The molecule has 1 aliphatic heterocycles. The van der Waals surface area contributed by atoms with E-state index in [4.69, 9.17) is 4.98 Å². The summed E-state index contributed by atoms with van der Waals surface area (Å²) in [6.07, 6.45) is 5.39. The standard InChI is InChI=1S/C28H29BrN4O3/c1-17(2)14-24(33-26(35)20-10-6-7-11-21(20)27(33)36)25(34)31-28-30-22-15-19(29)12-13-23(22)32(28)16-18-8-4-3-5-9-18/h3-9,12-13,15,17,20-21,24H,10-11,14,16H2,1-2H3,(H,30,31,34). The first-order valence-electron chi connectivity index (χ1n) is 12.4. The first-order chi connectivity index (χ1) is 17.3. The molecule has 2 heterocycles. The molecule has 3 amide bonds. The van der Waals surface area contributed by atoms with E-state index in [9.17, 15) is 14.4 Å². The molecule has 7 nitrogen and oxygen atoms in total. The van der Waals surface area contributed by atoms with Crippen LogP contribution in [0.25, 0.3) is 11.0 Å². The third-order valence-corrected chi connectivity index (χ3v) is 7.47. The molecule has 1 saturated heterocycles. The average Bonchev–Trinajstić information content (AvgIpc) is 3.31. The average molecular weight is 549 g/mol. The van der Waals surface area contributed by atoms with Crippen molar-refractivity contribution in [2.24, 2.45) is 17.8 Å². The Labute approximate surface area is 218 Å². The van der Waals surface area contributed by atoms with Gasteiger partial charge < -0.3 is 4.57 Å². The number of nitrogens with zero attached hydrogens (tertiary/aromatic N) is 3. The summed E-state index contributed by atoms with van der Waals surface area (Å²) in [5.74, 6) is -1.10. The Hall–Kier alpha value is -3.26. The monoisotopic (exact) mass is 548 g/mol. The van der Waals surface area contributed by atoms with Gasteiger partial charge in [-0.2, -0.15) is 0 Å². The fourth-order valence-corrected chi connectivity index (χ4v) is 5.58. The lowest BCUT2D eigenvalue weighted by Crippen LogP contribution is -2.48. The van der Waals surface area contributed by atoms with Crippen molar-refractivity contribution in [3.05, 3.63) is 70.7 Å². The number of nitrogens with one attached hydrogen (secondary N) is 1. The van der Waals surface area contributed by atoms with Crippen molar-refractivity contribution in [2.75, 3.05) is 5.32 Å². The van der Waals surface area contributed by atoms with Crippen LogP contribution in [0.1, 0.15) is 38.7 Å². The number of imidazole rings is 1. The lowest BCUT2D eigenvalue weighted by atomic mass is 9.85. The molecule has 3 atom stereocenters. The number of likely N-dealkylation sites (tertiary alicyclic amines) is 1. The van der Waals surface area contributed by atoms with Gasteiger partial charge in [-0.15, -0.1) is 0 Å². The van der Waals surface area contributed by atoms with E-state index in [1.54, 1.807) is 0 Å². The Bertz CT molecular complexity index is 1320. The van der Waals surface area contributed by atoms with Crippen LogP contribution in [0.2, 0.25) is 0 Å². The molecule has 3 aromatic rings. The summed E-state index contributed by atoms with van der Waals surface area (Å²) in [7, 11) is 0. The number of rotatable bonds is 7. The van der Waals surface area contributed by atoms with E-state index in [2.05, 4.69) is 21.2 Å². The van der Waals surface area contributed by atoms with E-state index >= 15 is 0 Å². The lowest BCUT2D eigenvalue weighted by Gasteiger charge is -2.27. The Kier molecular flexibility index (Phi) is 6.79. The number of amides is 3. The minimum atomic E-state index is -0.882. The van der Waals surface area contributed by atoms with Gasteiger partial charge in [0.1, 0.15) is 6.04 Å². The number of halogens is 1. The maximum Gasteiger partial charge on any atom is 0.249 e. The molecule has 0 bridgehead atoms. The molecular weight excluding hydrogens is 520 g/mol. The van der Waals surface area contributed by atoms with Gasteiger partial charge in [0.2, 0.25) is 23.7 Å². The second kappa shape index (κ2) is 10.0. The number of anilines is 1. The zero-order valence-electron chi connectivity index (χ0n) is 20.4. The van der Waals surface area contributed by atoms with Crippen LogP contribution in [-0.2, 0) is 20.9 Å². The van der Waals surface area contributed by atoms with E-state index in [1.165, 1.54) is 4.90 Å². The second-order valence-electron chi connectivity index (χ2n) is 9.98. The normalized spacial score (nSPS) is 20.3. The van der Waals surface area contributed by atoms with Crippen LogP contribution in [0.5, 0.6) is 0 Å². The number of benzene rings is 2. The quantitative estimate of drug-likeness (QED) is 0.326. The van der Waals surface area contributed by atoms with Gasteiger partial charge >= 0.3 is 0 Å². The smallest absolute Gasteiger partial charge is 0.249 e. The number of hydrogen-bond acceptors (Lipinski definition) is 4. The zero-order valence-corrected chi connectivity index (χ0v) is 21.9. The summed E-state index contributed by atoms with van der Waals surface area (Å²) < 4.78 is 2.85. The van der Waals surface area contributed by atoms with Crippen LogP contribution in [0.15, 0.2) is 65.2 Å². The largest absolute Gasteiger partial charge is 0.305 e. The fourth-order valence-electron chi connectivity index (χ4n) is 5.23. The number of allylic oxidation sites excluding steroid dienone is 2. The highest BCUT2D eigenvalue weighted by atomic mass is 79.9. The second-order valence-corrected chi connectivity index (χ2v) is 10.9. The number of hydrogen-bond donors (Lipinski definition) is 1. The number of carbonyl (C=O) groups excluding carboxylic acids is 3. The minimum absolute atomic E-state index is 0.112. The van der Waals surface area contributed by atoms with Crippen molar-refractivity contribution >= 4 is 50.6 Å². The van der Waals surface area contributed by atoms with Gasteiger partial charge in [-0.1, -0.05) is 72.3 Å². The van der Waals surface area contributed by atoms with E-state index in [-0.39, 0.29) is 35.5 Å². The first-order valence-corrected chi connectivity index (χ1v) is 13.1. The first kappa shape index (κ1) is 24.4. The maximum atomic E-state index is 13.7. The summed E-state index contributed by atoms with van der Waals surface area (Å²) >= 11 is 3.50. The van der Waals surface area contributed by atoms with E-state index in [1.807, 2.05) is 79.1 Å². The molecule has 5 rings (SSSR count). The van der Waals surface area contributed by atoms with Crippen LogP contribution in [0.3, 0.4) is 0 Å². The van der Waals surface area contributed by atoms with Crippen LogP contribution < -0.4 is 5.32 Å². The van der Waals surface area contributed by atoms with Crippen LogP contribution in [0, 0.1) is 17.8 Å². The highest BCUT2D eigenvalue weighted by molar-refractivity contribution is 9.10. The van der Waals surface area contributed by atoms with Gasteiger partial charge in [0, 0.05) is 4.47 Å². The lowest BCUT2D eigenvalue weighted by molar-refractivity contribution is -0.147. The number of fused-ring (bicyclic) bond motifs is 2. The minimum Gasteiger partial charge on any atom is -0.305 e. The van der Waals surface area contributed by atoms with Crippen molar-refractivity contribution in [1.82, 2.24) is 14.5 Å². The SMILES string of the molecule is CC(C)CC(C(=O)Nc1nc2cc(Br)ccc2n1Cc1ccccc1)N1C(=O)C2CC=CCC2C1=O. The molecule has 8 heteroatoms. The molecule has 1 aromatic heterocycles. The molecular formula is C28H29BrN4O3. The molecule has 1 N–H and O–H groups in total. The fraction of sp³-hybridized carbons (Fsp3) is 0.357. The van der Waals surface area contributed by atoms with Crippen molar-refractivity contribution in [2.45, 2.75) is 45.7 Å². The molecule has 3 unspecified atom stereocenters. The Balaban J connectivity index is 1.49. The van der Waals surface area contributed by atoms with Crippen molar-refractivity contribution in [3.8, 4) is 0 Å². The zero-order chi connectivity index (χ0) is 25.4. The van der Waals surface area contributed by atoms with E-state index in [0.717, 1.165) is 21.1 Å². The van der Waals surface area contributed by atoms with Crippen molar-refractivity contribution in [1.29, 1.82) is 0 Å². The summed E-state index contributed by atoms with van der Waals surface area (Å²) in [5.41, 5.74) is 2.68. The van der Waals surface area contributed by atoms with Crippen LogP contribution in [0.4, 0.5) is 5.95 Å². The Morgan fingerprint density at radius 1 is 1.06 bits per heavy atom. The molecule has 1 aliphatic carbocycles. The molecule has 0 radical (unpaired) electrons. The highest BCUT2D eigenvalue weighted by Crippen LogP contribution is 2.37. The predicted molar refractivity (Wildman–Crippen MR) is 142 cm³/mol. The molecule has 186 valence electrons. The molecule has 36 heavy (non-hydrogen) atoms. The summed E-state index contributed by atoms with van der Waals surface area (Å²) in [5, 5.41) is 2.98. The summed E-state index contributed by atoms with van der Waals surface area (Å²) in [6, 6.07) is 14.9. The third-order valence-electron chi connectivity index (χ3n) is 6.98. The van der Waals surface area contributed by atoms with Crippen LogP contribution in [-0.4, -0.2) is 38.2 Å². The predicted octanol–water partition coefficient (Wildman–Crippen LogP) is 5.15. The molecule has 2 aliphatic rings. The van der Waals surface area contributed by atoms with Gasteiger partial charge in [-0.25, -0.2) is 4.98 Å². The van der Waals surface area contributed by atoms with Gasteiger partial charge in [0.25, 0.3) is 0 Å². The summed E-state index contributed by atoms with van der Waals surface area (Å²) in [6.45, 7) is 4.49. The molecule has 0 saturated carbocycles. The highest BCUT2D eigenvalue weighted by Gasteiger charge is 2.51. The Morgan fingerprint density at radius 3 is 2.36 bits per heavy atom. The van der Waals surface area contributed by atoms with Gasteiger partial charge in [-0.3, -0.25) is 24.6 Å². The van der Waals surface area contributed by atoms with E-state index < -0.39 is 6.04 Å². The van der Waals surface area contributed by atoms with Crippen LogP contribution >= 0.6 is 15.9 Å². The van der Waals surface area contributed by atoms with E-state index in [0.29, 0.717) is 31.8 Å². The molecule has 2 aromatic carbocycles. The number of carbonyl (C=O) groups is 3. The topological polar surface area (TPSA) is 84.3 Å². The summed E-state index contributed by atoms with van der Waals surface area (Å²) in [4.78, 5) is 46.3. The van der Waals surface area contributed by atoms with Gasteiger partial charge in [-0.05, 0) is 48.9 Å². The third kappa shape index (κ3) is 4.62. The van der Waals surface area contributed by atoms with Gasteiger partial charge in [0.05, 0.1) is 29.4 Å². The van der Waals surface area contributed by atoms with Crippen molar-refractivity contribution in [3.63, 3.8) is 0 Å². The number of aromatic nitrogens is 2. The maximum absolute atomic E-state index is 13.7. The Morgan fingerprint density at radius 2 is 1.72 bits per heavy atom. The molecule has 1 fully saturated rings. The van der Waals surface area contributed by atoms with Gasteiger partial charge in [0.15, 0.2) is 0 Å². The number of imide groups is 1. The van der Waals surface area contributed by atoms with Crippen molar-refractivity contribution < 1.29 is 14.4 Å². The molecule has 0 spiro atoms.